The van der Waals surface area contributed by atoms with E-state index < -0.39 is 0 Å². The van der Waals surface area contributed by atoms with E-state index in [0.717, 1.165) is 29.3 Å². The van der Waals surface area contributed by atoms with Crippen LogP contribution in [-0.2, 0) is 4.74 Å². The highest BCUT2D eigenvalue weighted by Crippen LogP contribution is 2.28. The molecule has 9 heteroatoms. The van der Waals surface area contributed by atoms with Crippen molar-refractivity contribution in [2.24, 2.45) is 0 Å². The first-order valence-electron chi connectivity index (χ1n) is 9.02. The third-order valence-corrected chi connectivity index (χ3v) is 5.04. The van der Waals surface area contributed by atoms with Crippen LogP contribution in [0.15, 0.2) is 49.2 Å². The molecule has 0 aromatic carbocycles. The minimum Gasteiger partial charge on any atom is -0.367 e. The van der Waals surface area contributed by atoms with E-state index in [1.54, 1.807) is 18.6 Å². The lowest BCUT2D eigenvalue weighted by molar-refractivity contribution is -0.0175. The van der Waals surface area contributed by atoms with Crippen LogP contribution in [0.4, 0.5) is 5.82 Å². The van der Waals surface area contributed by atoms with Gasteiger partial charge in [-0.3, -0.25) is 9.50 Å². The Bertz CT molecular complexity index is 1110. The van der Waals surface area contributed by atoms with Gasteiger partial charge < -0.3 is 9.64 Å². The number of morpholine rings is 1. The normalized spacial score (nSPS) is 20.0. The first kappa shape index (κ1) is 17.2. The molecule has 1 aliphatic heterocycles. The molecular weight excluding hydrogens is 378 g/mol. The fraction of sp³-hybridized carbons (Fsp3) is 0.263. The van der Waals surface area contributed by atoms with Crippen LogP contribution in [0, 0.1) is 0 Å². The predicted octanol–water partition coefficient (Wildman–Crippen LogP) is 3.13. The smallest absolute Gasteiger partial charge is 0.180 e. The number of H-pyrrole nitrogens is 1. The maximum absolute atomic E-state index is 6.15. The van der Waals surface area contributed by atoms with Gasteiger partial charge in [0.2, 0.25) is 0 Å². The molecule has 8 nitrogen and oxygen atoms in total. The van der Waals surface area contributed by atoms with Crippen LogP contribution >= 0.6 is 11.6 Å². The molecule has 0 radical (unpaired) electrons. The molecule has 2 atom stereocenters. The zero-order chi connectivity index (χ0) is 19.1. The molecule has 4 aromatic heterocycles. The van der Waals surface area contributed by atoms with E-state index in [-0.39, 0.29) is 12.2 Å². The van der Waals surface area contributed by atoms with E-state index in [1.807, 2.05) is 35.0 Å². The number of fused-ring (bicyclic) bond motifs is 1. The van der Waals surface area contributed by atoms with Crippen molar-refractivity contribution in [3.8, 4) is 11.5 Å². The van der Waals surface area contributed by atoms with Gasteiger partial charge in [-0.2, -0.15) is 5.10 Å². The summed E-state index contributed by atoms with van der Waals surface area (Å²) in [5.41, 5.74) is 2.63. The van der Waals surface area contributed by atoms with Gasteiger partial charge in [-0.15, -0.1) is 0 Å². The number of anilines is 1. The molecule has 5 rings (SSSR count). The minimum atomic E-state index is -0.0597. The van der Waals surface area contributed by atoms with Crippen LogP contribution in [0.3, 0.4) is 0 Å². The van der Waals surface area contributed by atoms with Crippen LogP contribution in [0.2, 0.25) is 5.02 Å². The van der Waals surface area contributed by atoms with Crippen LogP contribution in [0.5, 0.6) is 0 Å². The van der Waals surface area contributed by atoms with E-state index in [2.05, 4.69) is 32.0 Å². The summed E-state index contributed by atoms with van der Waals surface area (Å²) in [4.78, 5) is 15.9. The molecule has 5 heterocycles. The van der Waals surface area contributed by atoms with Crippen molar-refractivity contribution < 1.29 is 4.74 Å². The zero-order valence-corrected chi connectivity index (χ0v) is 15.9. The average molecular weight is 396 g/mol. The summed E-state index contributed by atoms with van der Waals surface area (Å²) >= 11 is 6.15. The molecule has 0 bridgehead atoms. The van der Waals surface area contributed by atoms with Crippen molar-refractivity contribution in [1.29, 1.82) is 0 Å². The third kappa shape index (κ3) is 3.10. The number of rotatable bonds is 3. The van der Waals surface area contributed by atoms with Crippen molar-refractivity contribution in [3.05, 3.63) is 59.8 Å². The fourth-order valence-corrected chi connectivity index (χ4v) is 3.69. The lowest BCUT2D eigenvalue weighted by Crippen LogP contribution is -2.43. The third-order valence-electron chi connectivity index (χ3n) is 4.81. The SMILES string of the molecule is C[C@@H]1CN(c2ccnc(-c3cnc4ccc(Cl)cn34)n2)C[C@H](c2cn[nH]c2)O1. The lowest BCUT2D eigenvalue weighted by Gasteiger charge is -2.37. The maximum Gasteiger partial charge on any atom is 0.180 e. The van der Waals surface area contributed by atoms with Crippen molar-refractivity contribution in [3.63, 3.8) is 0 Å². The standard InChI is InChI=1S/C19H18ClN7O/c1-12-9-26(11-16(28-12)13-6-23-24-7-13)18-4-5-21-19(25-18)15-8-22-17-3-2-14(20)10-27(15)17/h2-8,10,12,16H,9,11H2,1H3,(H,23,24)/t12-,16-/m1/s1. The Morgan fingerprint density at radius 2 is 2.11 bits per heavy atom. The number of halogens is 1. The van der Waals surface area contributed by atoms with Gasteiger partial charge in [0.1, 0.15) is 23.3 Å². The van der Waals surface area contributed by atoms with Crippen molar-refractivity contribution in [1.82, 2.24) is 29.5 Å². The molecule has 0 saturated carbocycles. The van der Waals surface area contributed by atoms with Crippen LogP contribution in [0.1, 0.15) is 18.6 Å². The summed E-state index contributed by atoms with van der Waals surface area (Å²) in [6, 6.07) is 5.61. The van der Waals surface area contributed by atoms with Gasteiger partial charge in [0.05, 0.1) is 30.1 Å². The molecule has 4 aromatic rings. The van der Waals surface area contributed by atoms with Gasteiger partial charge in [0.15, 0.2) is 5.82 Å². The van der Waals surface area contributed by atoms with Crippen molar-refractivity contribution in [2.75, 3.05) is 18.0 Å². The highest BCUT2D eigenvalue weighted by molar-refractivity contribution is 6.30. The van der Waals surface area contributed by atoms with E-state index >= 15 is 0 Å². The topological polar surface area (TPSA) is 84.2 Å². The Morgan fingerprint density at radius 3 is 2.96 bits per heavy atom. The van der Waals surface area contributed by atoms with Crippen molar-refractivity contribution in [2.45, 2.75) is 19.1 Å². The fourth-order valence-electron chi connectivity index (χ4n) is 3.53. The van der Waals surface area contributed by atoms with Crippen LogP contribution < -0.4 is 4.90 Å². The molecule has 1 saturated heterocycles. The van der Waals surface area contributed by atoms with Gasteiger partial charge in [-0.05, 0) is 25.1 Å². The number of nitrogens with one attached hydrogen (secondary N) is 1. The number of pyridine rings is 1. The zero-order valence-electron chi connectivity index (χ0n) is 15.2. The van der Waals surface area contributed by atoms with E-state index in [1.165, 1.54) is 0 Å². The maximum atomic E-state index is 6.15. The van der Waals surface area contributed by atoms with Crippen LogP contribution in [0.25, 0.3) is 17.2 Å². The van der Waals surface area contributed by atoms with E-state index in [9.17, 15) is 0 Å². The first-order chi connectivity index (χ1) is 13.7. The monoisotopic (exact) mass is 395 g/mol. The second-order valence-corrected chi connectivity index (χ2v) is 7.27. The molecule has 1 fully saturated rings. The molecule has 28 heavy (non-hydrogen) atoms. The van der Waals surface area contributed by atoms with Crippen molar-refractivity contribution >= 4 is 23.1 Å². The lowest BCUT2D eigenvalue weighted by atomic mass is 10.1. The Kier molecular flexibility index (Phi) is 4.22. The number of aromatic amines is 1. The van der Waals surface area contributed by atoms with Gasteiger partial charge >= 0.3 is 0 Å². The van der Waals surface area contributed by atoms with Crippen LogP contribution in [-0.4, -0.2) is 48.7 Å². The van der Waals surface area contributed by atoms with Gasteiger partial charge in [-0.1, -0.05) is 11.6 Å². The number of nitrogens with zero attached hydrogens (tertiary/aromatic N) is 6. The molecule has 1 N–H and O–H groups in total. The number of imidazole rings is 1. The summed E-state index contributed by atoms with van der Waals surface area (Å²) in [6.45, 7) is 3.51. The Hall–Kier alpha value is -2.97. The summed E-state index contributed by atoms with van der Waals surface area (Å²) in [6.07, 6.45) is 9.04. The molecule has 142 valence electrons. The Labute approximate surface area is 166 Å². The summed E-state index contributed by atoms with van der Waals surface area (Å²) in [7, 11) is 0. The van der Waals surface area contributed by atoms with Gasteiger partial charge in [0.25, 0.3) is 0 Å². The van der Waals surface area contributed by atoms with Gasteiger partial charge in [0, 0.05) is 30.7 Å². The second-order valence-electron chi connectivity index (χ2n) is 6.83. The number of hydrogen-bond acceptors (Lipinski definition) is 6. The highest BCUT2D eigenvalue weighted by Gasteiger charge is 2.28. The number of aromatic nitrogens is 6. The summed E-state index contributed by atoms with van der Waals surface area (Å²) < 4.78 is 7.98. The average Bonchev–Trinajstić information content (AvgIpc) is 3.37. The second kappa shape index (κ2) is 6.88. The molecule has 0 amide bonds. The molecular formula is C19H18ClN7O. The van der Waals surface area contributed by atoms with E-state index in [4.69, 9.17) is 21.3 Å². The Balaban J connectivity index is 1.49. The van der Waals surface area contributed by atoms with E-state index in [0.29, 0.717) is 17.4 Å². The molecule has 1 aliphatic rings. The molecule has 0 spiro atoms. The molecule has 0 aliphatic carbocycles. The quantitative estimate of drug-likeness (QED) is 0.573. The number of ether oxygens (including phenoxy) is 1. The number of hydrogen-bond donors (Lipinski definition) is 1. The first-order valence-corrected chi connectivity index (χ1v) is 9.40. The summed E-state index contributed by atoms with van der Waals surface area (Å²) in [5.74, 6) is 1.46. The summed E-state index contributed by atoms with van der Waals surface area (Å²) in [5, 5.41) is 7.52. The largest absolute Gasteiger partial charge is 0.367 e. The predicted molar refractivity (Wildman–Crippen MR) is 105 cm³/mol. The Morgan fingerprint density at radius 1 is 1.18 bits per heavy atom. The van der Waals surface area contributed by atoms with Gasteiger partial charge in [-0.25, -0.2) is 15.0 Å². The minimum absolute atomic E-state index is 0.0597. The highest BCUT2D eigenvalue weighted by atomic mass is 35.5. The molecule has 0 unspecified atom stereocenters.